The molecule has 2 rings (SSSR count). The Morgan fingerprint density at radius 3 is 3.25 bits per heavy atom. The number of fused-ring (bicyclic) bond motifs is 1. The number of hydrogen-bond donors (Lipinski definition) is 1. The molecule has 0 amide bonds. The summed E-state index contributed by atoms with van der Waals surface area (Å²) in [6.07, 6.45) is 1.82. The summed E-state index contributed by atoms with van der Waals surface area (Å²) >= 11 is -0.472. The van der Waals surface area contributed by atoms with E-state index >= 15 is 0 Å². The zero-order chi connectivity index (χ0) is 11.1. The van der Waals surface area contributed by atoms with Crippen LogP contribution < -0.4 is 4.46 Å². The number of H-pyrrole nitrogens is 1. The van der Waals surface area contributed by atoms with E-state index < -0.39 is 20.7 Å². The molecule has 1 N–H and O–H groups in total. The SMILES string of the molecule is [2H]C([2H])([2H])[Se]c1c[nH]c2cc(C)ccc12. The van der Waals surface area contributed by atoms with Crippen molar-refractivity contribution in [2.75, 3.05) is 0 Å². The molecule has 0 saturated carbocycles. The van der Waals surface area contributed by atoms with Crippen LogP contribution in [-0.2, 0) is 0 Å². The Kier molecular flexibility index (Phi) is 1.26. The van der Waals surface area contributed by atoms with Crippen LogP contribution in [0.2, 0.25) is 5.75 Å². The summed E-state index contributed by atoms with van der Waals surface area (Å²) in [4.78, 5) is 3.12. The van der Waals surface area contributed by atoms with Gasteiger partial charge >= 0.3 is 82.1 Å². The van der Waals surface area contributed by atoms with Crippen molar-refractivity contribution in [3.8, 4) is 0 Å². The third-order valence-electron chi connectivity index (χ3n) is 1.91. The standard InChI is InChI=1S/C10H11NSe/c1-7-3-4-8-9(5-7)11-6-10(8)12-2/h3-6,11H,1-2H3/i2D3. The quantitative estimate of drug-likeness (QED) is 0.716. The average Bonchev–Trinajstić information content (AvgIpc) is 2.45. The fraction of sp³-hybridized carbons (Fsp3) is 0.200. The Morgan fingerprint density at radius 1 is 1.50 bits per heavy atom. The molecule has 1 aromatic heterocycles. The maximum atomic E-state index is 7.27. The number of rotatable bonds is 1. The third-order valence-corrected chi connectivity index (χ3v) is 3.08. The van der Waals surface area contributed by atoms with Crippen LogP contribution >= 0.6 is 0 Å². The number of aromatic amines is 1. The van der Waals surface area contributed by atoms with Gasteiger partial charge in [-0.1, -0.05) is 0 Å². The molecule has 0 fully saturated rings. The van der Waals surface area contributed by atoms with Crippen LogP contribution in [0.5, 0.6) is 0 Å². The molecular formula is C10H11NSe. The van der Waals surface area contributed by atoms with Crippen LogP contribution in [0.4, 0.5) is 0 Å². The summed E-state index contributed by atoms with van der Waals surface area (Å²) in [5, 5.41) is 1.04. The Labute approximate surface area is 82.5 Å². The van der Waals surface area contributed by atoms with Crippen molar-refractivity contribution >= 4 is 30.3 Å². The zero-order valence-electron chi connectivity index (χ0n) is 9.72. The number of hydrogen-bond acceptors (Lipinski definition) is 0. The van der Waals surface area contributed by atoms with Gasteiger partial charge < -0.3 is 0 Å². The van der Waals surface area contributed by atoms with E-state index in [9.17, 15) is 0 Å². The molecule has 2 heteroatoms. The van der Waals surface area contributed by atoms with E-state index in [1.54, 1.807) is 0 Å². The summed E-state index contributed by atoms with van der Waals surface area (Å²) in [6, 6.07) is 6.04. The molecule has 0 unspecified atom stereocenters. The second-order valence-corrected chi connectivity index (χ2v) is 4.16. The second-order valence-electron chi connectivity index (χ2n) is 2.80. The van der Waals surface area contributed by atoms with E-state index in [0.29, 0.717) is 0 Å². The molecule has 0 aliphatic heterocycles. The Hall–Kier alpha value is -0.721. The first-order valence-corrected chi connectivity index (χ1v) is 5.44. The van der Waals surface area contributed by atoms with Gasteiger partial charge in [-0.25, -0.2) is 0 Å². The van der Waals surface area contributed by atoms with E-state index in [0.717, 1.165) is 15.4 Å². The monoisotopic (exact) mass is 228 g/mol. The van der Waals surface area contributed by atoms with Gasteiger partial charge in [-0.2, -0.15) is 0 Å². The topological polar surface area (TPSA) is 15.8 Å². The molecular weight excluding hydrogens is 213 g/mol. The molecule has 1 aromatic carbocycles. The first kappa shape index (κ1) is 5.11. The third kappa shape index (κ3) is 1.17. The van der Waals surface area contributed by atoms with Crippen molar-refractivity contribution in [3.05, 3.63) is 30.0 Å². The van der Waals surface area contributed by atoms with Crippen molar-refractivity contribution < 1.29 is 4.11 Å². The minimum absolute atomic E-state index is 0.472. The van der Waals surface area contributed by atoms with Crippen LogP contribution in [-0.4, -0.2) is 19.9 Å². The van der Waals surface area contributed by atoms with Crippen LogP contribution in [0.15, 0.2) is 24.4 Å². The second kappa shape index (κ2) is 2.96. The molecule has 2 aromatic rings. The van der Waals surface area contributed by atoms with E-state index in [2.05, 4.69) is 4.98 Å². The van der Waals surface area contributed by atoms with Crippen LogP contribution in [0.25, 0.3) is 10.9 Å². The maximum absolute atomic E-state index is 7.27. The molecule has 0 spiro atoms. The normalized spacial score (nSPS) is 15.6. The molecule has 0 bridgehead atoms. The van der Waals surface area contributed by atoms with Crippen molar-refractivity contribution in [2.24, 2.45) is 0 Å². The summed E-state index contributed by atoms with van der Waals surface area (Å²) in [5.74, 6) is -1.84. The van der Waals surface area contributed by atoms with Gasteiger partial charge in [0.25, 0.3) is 0 Å². The van der Waals surface area contributed by atoms with E-state index in [-0.39, 0.29) is 0 Å². The summed E-state index contributed by atoms with van der Waals surface area (Å²) < 4.78 is 22.7. The van der Waals surface area contributed by atoms with Gasteiger partial charge in [-0.3, -0.25) is 0 Å². The van der Waals surface area contributed by atoms with Gasteiger partial charge in [-0.15, -0.1) is 0 Å². The van der Waals surface area contributed by atoms with Gasteiger partial charge in [-0.05, 0) is 0 Å². The average molecular weight is 227 g/mol. The number of nitrogens with one attached hydrogen (secondary N) is 1. The molecule has 62 valence electrons. The number of benzene rings is 1. The van der Waals surface area contributed by atoms with Crippen LogP contribution in [0.3, 0.4) is 0 Å². The molecule has 12 heavy (non-hydrogen) atoms. The van der Waals surface area contributed by atoms with Gasteiger partial charge in [0.1, 0.15) is 0 Å². The molecule has 1 nitrogen and oxygen atoms in total. The Balaban J connectivity index is 2.45. The first-order chi connectivity index (χ1) is 6.96. The van der Waals surface area contributed by atoms with E-state index in [1.165, 1.54) is 5.56 Å². The van der Waals surface area contributed by atoms with Gasteiger partial charge in [0.15, 0.2) is 0 Å². The van der Waals surface area contributed by atoms with E-state index in [4.69, 9.17) is 4.11 Å². The van der Waals surface area contributed by atoms with Crippen molar-refractivity contribution in [3.63, 3.8) is 0 Å². The molecule has 0 atom stereocenters. The van der Waals surface area contributed by atoms with Gasteiger partial charge in [0.2, 0.25) is 0 Å². The fourth-order valence-corrected chi connectivity index (χ4v) is 2.15. The molecule has 0 radical (unpaired) electrons. The molecule has 1 heterocycles. The zero-order valence-corrected chi connectivity index (χ0v) is 8.43. The Morgan fingerprint density at radius 2 is 2.42 bits per heavy atom. The predicted molar refractivity (Wildman–Crippen MR) is 54.3 cm³/mol. The first-order valence-electron chi connectivity index (χ1n) is 5.22. The van der Waals surface area contributed by atoms with Crippen LogP contribution in [0, 0.1) is 6.92 Å². The van der Waals surface area contributed by atoms with Gasteiger partial charge in [0, 0.05) is 0 Å². The summed E-state index contributed by atoms with van der Waals surface area (Å²) in [7, 11) is 0. The van der Waals surface area contributed by atoms with Crippen LogP contribution in [0.1, 0.15) is 9.68 Å². The fourth-order valence-electron chi connectivity index (χ4n) is 1.30. The predicted octanol–water partition coefficient (Wildman–Crippen LogP) is 1.85. The van der Waals surface area contributed by atoms with Crippen molar-refractivity contribution in [2.45, 2.75) is 12.7 Å². The van der Waals surface area contributed by atoms with Gasteiger partial charge in [0.05, 0.1) is 0 Å². The number of aryl methyl sites for hydroxylation is 1. The number of aromatic nitrogens is 1. The van der Waals surface area contributed by atoms with Crippen molar-refractivity contribution in [1.29, 1.82) is 0 Å². The summed E-state index contributed by atoms with van der Waals surface area (Å²) in [5.41, 5.74) is 2.20. The molecule has 0 aliphatic carbocycles. The Bertz CT molecular complexity index is 487. The molecule has 0 saturated heterocycles. The van der Waals surface area contributed by atoms with Crippen molar-refractivity contribution in [1.82, 2.24) is 4.98 Å². The summed E-state index contributed by atoms with van der Waals surface area (Å²) in [6.45, 7) is 2.02. The van der Waals surface area contributed by atoms with E-state index in [1.807, 2.05) is 31.3 Å². The minimum atomic E-state index is -1.84. The molecule has 0 aliphatic rings.